The number of aliphatic carboxylic acids is 1. The van der Waals surface area contributed by atoms with Crippen molar-refractivity contribution in [3.63, 3.8) is 0 Å². The number of ketones is 2. The summed E-state index contributed by atoms with van der Waals surface area (Å²) in [6, 6.07) is -1.07. The fraction of sp³-hybridized carbons (Fsp3) is 0.444. The van der Waals surface area contributed by atoms with Crippen LogP contribution in [0.15, 0.2) is 11.6 Å². The molecule has 76 valence electrons. The molecule has 1 aliphatic rings. The Bertz CT molecular complexity index is 319. The van der Waals surface area contributed by atoms with Gasteiger partial charge < -0.3 is 10.8 Å². The van der Waals surface area contributed by atoms with Crippen LogP contribution in [0.25, 0.3) is 0 Å². The van der Waals surface area contributed by atoms with Gasteiger partial charge in [-0.1, -0.05) is 6.08 Å². The highest BCUT2D eigenvalue weighted by molar-refractivity contribution is 6.10. The average Bonchev–Trinajstić information content (AvgIpc) is 2.09. The number of rotatable bonds is 3. The largest absolute Gasteiger partial charge is 0.480 e. The second-order valence-electron chi connectivity index (χ2n) is 3.22. The van der Waals surface area contributed by atoms with Crippen LogP contribution in [-0.2, 0) is 14.4 Å². The Labute approximate surface area is 80.6 Å². The zero-order valence-electron chi connectivity index (χ0n) is 7.53. The summed E-state index contributed by atoms with van der Waals surface area (Å²) in [6.07, 6.45) is 1.55. The number of Topliss-reactive ketones (excluding diaryl/α,β-unsaturated/α-hetero) is 2. The van der Waals surface area contributed by atoms with Crippen LogP contribution in [0.1, 0.15) is 19.3 Å². The molecule has 0 aromatic carbocycles. The van der Waals surface area contributed by atoms with Gasteiger partial charge in [-0.2, -0.15) is 0 Å². The molecule has 0 heterocycles. The lowest BCUT2D eigenvalue weighted by atomic mass is 9.92. The molecule has 0 saturated heterocycles. The number of hydrogen-bond acceptors (Lipinski definition) is 4. The smallest absolute Gasteiger partial charge is 0.320 e. The van der Waals surface area contributed by atoms with E-state index in [1.165, 1.54) is 6.08 Å². The highest BCUT2D eigenvalue weighted by atomic mass is 16.4. The van der Waals surface area contributed by atoms with Crippen molar-refractivity contribution < 1.29 is 19.5 Å². The molecule has 0 spiro atoms. The van der Waals surface area contributed by atoms with Crippen molar-refractivity contribution in [2.75, 3.05) is 0 Å². The summed E-state index contributed by atoms with van der Waals surface area (Å²) in [5, 5.41) is 8.52. The van der Waals surface area contributed by atoms with Gasteiger partial charge in [0.1, 0.15) is 11.8 Å². The third-order valence-corrected chi connectivity index (χ3v) is 2.05. The van der Waals surface area contributed by atoms with E-state index in [1.807, 2.05) is 0 Å². The predicted octanol–water partition coefficient (Wildman–Crippen LogP) is -0.353. The third-order valence-electron chi connectivity index (χ3n) is 2.05. The van der Waals surface area contributed by atoms with E-state index in [0.29, 0.717) is 5.57 Å². The third kappa shape index (κ3) is 2.50. The molecule has 0 saturated carbocycles. The molecule has 0 radical (unpaired) electrons. The summed E-state index contributed by atoms with van der Waals surface area (Å²) in [5.74, 6) is -1.59. The predicted molar refractivity (Wildman–Crippen MR) is 47.6 cm³/mol. The van der Waals surface area contributed by atoms with Gasteiger partial charge >= 0.3 is 5.97 Å². The van der Waals surface area contributed by atoms with Crippen LogP contribution in [0, 0.1) is 0 Å². The van der Waals surface area contributed by atoms with Crippen molar-refractivity contribution in [3.05, 3.63) is 11.6 Å². The molecular formula is C9H11NO4. The number of carboxylic acids is 1. The molecule has 0 bridgehead atoms. The molecule has 0 unspecified atom stereocenters. The molecule has 0 aromatic rings. The zero-order chi connectivity index (χ0) is 10.7. The minimum atomic E-state index is -1.14. The molecule has 1 rings (SSSR count). The summed E-state index contributed by atoms with van der Waals surface area (Å²) >= 11 is 0. The van der Waals surface area contributed by atoms with Gasteiger partial charge in [0.05, 0.1) is 6.42 Å². The number of allylic oxidation sites excluding steroid dienone is 1. The second kappa shape index (κ2) is 4.15. The first-order valence-electron chi connectivity index (χ1n) is 4.23. The van der Waals surface area contributed by atoms with Crippen LogP contribution in [0.5, 0.6) is 0 Å². The summed E-state index contributed by atoms with van der Waals surface area (Å²) < 4.78 is 0. The van der Waals surface area contributed by atoms with E-state index >= 15 is 0 Å². The highest BCUT2D eigenvalue weighted by Crippen LogP contribution is 2.15. The summed E-state index contributed by atoms with van der Waals surface area (Å²) in [5.41, 5.74) is 5.63. The van der Waals surface area contributed by atoms with Gasteiger partial charge in [-0.3, -0.25) is 14.4 Å². The van der Waals surface area contributed by atoms with Gasteiger partial charge in [-0.15, -0.1) is 0 Å². The Hall–Kier alpha value is -1.49. The fourth-order valence-electron chi connectivity index (χ4n) is 1.24. The van der Waals surface area contributed by atoms with E-state index in [-0.39, 0.29) is 30.8 Å². The summed E-state index contributed by atoms with van der Waals surface area (Å²) in [4.78, 5) is 32.5. The first kappa shape index (κ1) is 10.6. The van der Waals surface area contributed by atoms with Gasteiger partial charge in [0.25, 0.3) is 0 Å². The Morgan fingerprint density at radius 2 is 2.21 bits per heavy atom. The van der Waals surface area contributed by atoms with Crippen LogP contribution in [0.2, 0.25) is 0 Å². The summed E-state index contributed by atoms with van der Waals surface area (Å²) in [7, 11) is 0. The van der Waals surface area contributed by atoms with E-state index in [0.717, 1.165) is 0 Å². The number of carboxylic acid groups (broad SMARTS) is 1. The van der Waals surface area contributed by atoms with Crippen molar-refractivity contribution in [1.29, 1.82) is 0 Å². The lowest BCUT2D eigenvalue weighted by molar-refractivity contribution is -0.138. The van der Waals surface area contributed by atoms with Gasteiger partial charge in [0, 0.05) is 12.8 Å². The van der Waals surface area contributed by atoms with Crippen LogP contribution < -0.4 is 5.73 Å². The average molecular weight is 197 g/mol. The normalized spacial score (nSPS) is 19.1. The van der Waals surface area contributed by atoms with Crippen molar-refractivity contribution >= 4 is 17.5 Å². The maximum Gasteiger partial charge on any atom is 0.320 e. The quantitative estimate of drug-likeness (QED) is 0.602. The minimum Gasteiger partial charge on any atom is -0.480 e. The monoisotopic (exact) mass is 197 g/mol. The Morgan fingerprint density at radius 1 is 1.57 bits per heavy atom. The number of carbonyl (C=O) groups excluding carboxylic acids is 2. The Morgan fingerprint density at radius 3 is 2.71 bits per heavy atom. The van der Waals surface area contributed by atoms with Crippen LogP contribution in [0.3, 0.4) is 0 Å². The molecule has 0 fully saturated rings. The van der Waals surface area contributed by atoms with Crippen molar-refractivity contribution in [3.8, 4) is 0 Å². The van der Waals surface area contributed by atoms with E-state index in [2.05, 4.69) is 0 Å². The van der Waals surface area contributed by atoms with Crippen molar-refractivity contribution in [2.24, 2.45) is 5.73 Å². The zero-order valence-corrected chi connectivity index (χ0v) is 7.53. The maximum absolute atomic E-state index is 11.2. The minimum absolute atomic E-state index is 0.00144. The van der Waals surface area contributed by atoms with Crippen molar-refractivity contribution in [2.45, 2.75) is 25.3 Å². The molecule has 5 heteroatoms. The molecule has 0 aromatic heterocycles. The lowest BCUT2D eigenvalue weighted by Gasteiger charge is -2.12. The molecule has 0 aliphatic heterocycles. The van der Waals surface area contributed by atoms with E-state index in [4.69, 9.17) is 10.8 Å². The SMILES string of the molecule is N[C@@H](CC1=CCC(=O)CC1=O)C(=O)O. The molecule has 5 nitrogen and oxygen atoms in total. The van der Waals surface area contributed by atoms with Crippen LogP contribution in [-0.4, -0.2) is 28.7 Å². The Kier molecular flexibility index (Phi) is 3.14. The fourth-order valence-corrected chi connectivity index (χ4v) is 1.24. The molecule has 3 N–H and O–H groups in total. The van der Waals surface area contributed by atoms with Gasteiger partial charge in [-0.25, -0.2) is 0 Å². The van der Waals surface area contributed by atoms with Gasteiger partial charge in [0.2, 0.25) is 0 Å². The lowest BCUT2D eigenvalue weighted by Crippen LogP contribution is -2.32. The molecule has 0 amide bonds. The maximum atomic E-state index is 11.2. The number of carbonyl (C=O) groups is 3. The molecule has 1 aliphatic carbocycles. The second-order valence-corrected chi connectivity index (χ2v) is 3.22. The van der Waals surface area contributed by atoms with Crippen molar-refractivity contribution in [1.82, 2.24) is 0 Å². The first-order chi connectivity index (χ1) is 6.50. The standard InChI is InChI=1S/C9H11NO4/c10-7(9(13)14)3-5-1-2-6(11)4-8(5)12/h1,7H,2-4,10H2,(H,13,14)/t7-/m0/s1. The van der Waals surface area contributed by atoms with Gasteiger partial charge in [0.15, 0.2) is 5.78 Å². The number of hydrogen-bond donors (Lipinski definition) is 2. The van der Waals surface area contributed by atoms with Crippen LogP contribution in [0.4, 0.5) is 0 Å². The number of nitrogens with two attached hydrogens (primary N) is 1. The van der Waals surface area contributed by atoms with Crippen LogP contribution >= 0.6 is 0 Å². The van der Waals surface area contributed by atoms with E-state index < -0.39 is 12.0 Å². The molecular weight excluding hydrogens is 186 g/mol. The highest BCUT2D eigenvalue weighted by Gasteiger charge is 2.23. The molecule has 14 heavy (non-hydrogen) atoms. The van der Waals surface area contributed by atoms with E-state index in [9.17, 15) is 14.4 Å². The van der Waals surface area contributed by atoms with E-state index in [1.54, 1.807) is 0 Å². The van der Waals surface area contributed by atoms with Gasteiger partial charge in [-0.05, 0) is 5.57 Å². The molecule has 1 atom stereocenters. The Balaban J connectivity index is 2.65. The topological polar surface area (TPSA) is 97.5 Å². The summed E-state index contributed by atoms with van der Waals surface area (Å²) in [6.45, 7) is 0. The first-order valence-corrected chi connectivity index (χ1v) is 4.23.